The van der Waals surface area contributed by atoms with E-state index in [1.54, 1.807) is 0 Å². The van der Waals surface area contributed by atoms with Crippen molar-refractivity contribution in [2.24, 2.45) is 0 Å². The number of carboxylic acids is 1. The number of thiazole rings is 1. The van der Waals surface area contributed by atoms with E-state index in [9.17, 15) is 9.18 Å². The van der Waals surface area contributed by atoms with Gasteiger partial charge in [-0.2, -0.15) is 0 Å². The summed E-state index contributed by atoms with van der Waals surface area (Å²) < 4.78 is 13.1. The van der Waals surface area contributed by atoms with E-state index in [1.807, 2.05) is 0 Å². The molecule has 0 aliphatic carbocycles. The third-order valence-electron chi connectivity index (χ3n) is 1.40. The van der Waals surface area contributed by atoms with E-state index in [0.29, 0.717) is 4.70 Å². The van der Waals surface area contributed by atoms with E-state index in [0.717, 1.165) is 17.5 Å². The van der Waals surface area contributed by atoms with Crippen molar-refractivity contribution in [3.8, 4) is 0 Å². The number of pyridine rings is 1. The second kappa shape index (κ2) is 2.74. The fourth-order valence-corrected chi connectivity index (χ4v) is 1.68. The molecule has 0 fully saturated rings. The summed E-state index contributed by atoms with van der Waals surface area (Å²) in [6.45, 7) is 0. The number of aromatic nitrogens is 2. The van der Waals surface area contributed by atoms with E-state index < -0.39 is 11.8 Å². The molecule has 4 nitrogen and oxygen atoms in total. The highest BCUT2D eigenvalue weighted by molar-refractivity contribution is 7.20. The highest BCUT2D eigenvalue weighted by Gasteiger charge is 2.11. The van der Waals surface area contributed by atoms with Crippen LogP contribution in [-0.4, -0.2) is 21.0 Å². The predicted molar refractivity (Wildman–Crippen MR) is 44.3 cm³/mol. The first-order valence-electron chi connectivity index (χ1n) is 3.32. The van der Waals surface area contributed by atoms with Gasteiger partial charge in [0, 0.05) is 0 Å². The zero-order chi connectivity index (χ0) is 9.42. The molecule has 0 bridgehead atoms. The summed E-state index contributed by atoms with van der Waals surface area (Å²) in [6.07, 6.45) is 1.01. The Balaban J connectivity index is 2.68. The van der Waals surface area contributed by atoms with Crippen LogP contribution in [0.25, 0.3) is 10.3 Å². The van der Waals surface area contributed by atoms with Gasteiger partial charge < -0.3 is 5.11 Å². The summed E-state index contributed by atoms with van der Waals surface area (Å²) in [5.41, 5.74) is 0.267. The molecule has 2 heterocycles. The van der Waals surface area contributed by atoms with Crippen LogP contribution in [0.15, 0.2) is 12.3 Å². The molecule has 66 valence electrons. The lowest BCUT2D eigenvalue weighted by Crippen LogP contribution is -1.93. The van der Waals surface area contributed by atoms with Gasteiger partial charge >= 0.3 is 5.97 Å². The minimum Gasteiger partial charge on any atom is -0.476 e. The van der Waals surface area contributed by atoms with Crippen LogP contribution in [-0.2, 0) is 0 Å². The molecule has 6 heteroatoms. The van der Waals surface area contributed by atoms with Gasteiger partial charge in [0.25, 0.3) is 0 Å². The van der Waals surface area contributed by atoms with Crippen molar-refractivity contribution in [3.63, 3.8) is 0 Å². The van der Waals surface area contributed by atoms with Crippen LogP contribution in [0.4, 0.5) is 4.39 Å². The minimum absolute atomic E-state index is 0.0758. The molecule has 13 heavy (non-hydrogen) atoms. The number of aromatic carboxylic acids is 1. The zero-order valence-corrected chi connectivity index (χ0v) is 7.01. The Kier molecular flexibility index (Phi) is 1.70. The standard InChI is InChI=1S/C7H3FN2O2S/c8-3-1-4-5(9-2-3)10-6(13-4)7(11)12/h1-2H,(H,11,12). The number of hydrogen-bond acceptors (Lipinski definition) is 4. The molecule has 1 N–H and O–H groups in total. The first-order chi connectivity index (χ1) is 6.16. The van der Waals surface area contributed by atoms with Crippen LogP contribution in [0.5, 0.6) is 0 Å². The van der Waals surface area contributed by atoms with Crippen LogP contribution < -0.4 is 0 Å². The van der Waals surface area contributed by atoms with Gasteiger partial charge in [0.1, 0.15) is 5.82 Å². The third kappa shape index (κ3) is 1.35. The van der Waals surface area contributed by atoms with Gasteiger partial charge in [-0.1, -0.05) is 0 Å². The van der Waals surface area contributed by atoms with Crippen molar-refractivity contribution in [2.75, 3.05) is 0 Å². The highest BCUT2D eigenvalue weighted by Crippen LogP contribution is 2.20. The van der Waals surface area contributed by atoms with Gasteiger partial charge in [0.15, 0.2) is 5.65 Å². The molecule has 2 rings (SSSR count). The summed E-state index contributed by atoms with van der Waals surface area (Å²) in [4.78, 5) is 17.8. The average molecular weight is 198 g/mol. The summed E-state index contributed by atoms with van der Waals surface area (Å²) >= 11 is 0.906. The lowest BCUT2D eigenvalue weighted by molar-refractivity contribution is 0.0696. The lowest BCUT2D eigenvalue weighted by atomic mass is 10.5. The molecule has 0 unspecified atom stereocenters. The zero-order valence-electron chi connectivity index (χ0n) is 6.19. The molecule has 0 radical (unpaired) electrons. The molecule has 0 saturated carbocycles. The molecule has 2 aromatic rings. The van der Waals surface area contributed by atoms with Crippen molar-refractivity contribution in [1.29, 1.82) is 0 Å². The topological polar surface area (TPSA) is 63.1 Å². The van der Waals surface area contributed by atoms with Gasteiger partial charge in [-0.15, -0.1) is 11.3 Å². The maximum Gasteiger partial charge on any atom is 0.365 e. The molecule has 2 aromatic heterocycles. The Hall–Kier alpha value is -1.56. The highest BCUT2D eigenvalue weighted by atomic mass is 32.1. The maximum absolute atomic E-state index is 12.6. The Morgan fingerprint density at radius 3 is 3.08 bits per heavy atom. The van der Waals surface area contributed by atoms with E-state index in [-0.39, 0.29) is 10.7 Å². The minimum atomic E-state index is -1.12. The summed E-state index contributed by atoms with van der Waals surface area (Å²) in [6, 6.07) is 1.21. The molecule has 0 spiro atoms. The first kappa shape index (κ1) is 8.06. The van der Waals surface area contributed by atoms with Gasteiger partial charge in [-0.3, -0.25) is 0 Å². The van der Waals surface area contributed by atoms with E-state index >= 15 is 0 Å². The fourth-order valence-electron chi connectivity index (χ4n) is 0.887. The van der Waals surface area contributed by atoms with Gasteiger partial charge in [-0.05, 0) is 6.07 Å². The van der Waals surface area contributed by atoms with Gasteiger partial charge in [0.05, 0.1) is 10.9 Å². The SMILES string of the molecule is O=C(O)c1nc2ncc(F)cc2s1. The smallest absolute Gasteiger partial charge is 0.365 e. The van der Waals surface area contributed by atoms with Crippen LogP contribution in [0, 0.1) is 5.82 Å². The van der Waals surface area contributed by atoms with Gasteiger partial charge in [0.2, 0.25) is 5.01 Å². The molecular weight excluding hydrogens is 195 g/mol. The van der Waals surface area contributed by atoms with Crippen LogP contribution in [0.2, 0.25) is 0 Å². The number of carbonyl (C=O) groups is 1. The summed E-state index contributed by atoms with van der Waals surface area (Å²) in [7, 11) is 0. The molecule has 0 amide bonds. The molecule has 0 atom stereocenters. The largest absolute Gasteiger partial charge is 0.476 e. The predicted octanol–water partition coefficient (Wildman–Crippen LogP) is 1.53. The number of hydrogen-bond donors (Lipinski definition) is 1. The molecule has 0 saturated heterocycles. The first-order valence-corrected chi connectivity index (χ1v) is 4.14. The van der Waals surface area contributed by atoms with Gasteiger partial charge in [-0.25, -0.2) is 19.2 Å². The third-order valence-corrected chi connectivity index (χ3v) is 2.38. The molecular formula is C7H3FN2O2S. The monoisotopic (exact) mass is 198 g/mol. The maximum atomic E-state index is 12.6. The van der Waals surface area contributed by atoms with E-state index in [2.05, 4.69) is 9.97 Å². The average Bonchev–Trinajstić information content (AvgIpc) is 2.46. The Morgan fingerprint density at radius 2 is 2.38 bits per heavy atom. The van der Waals surface area contributed by atoms with Crippen LogP contribution in [0.3, 0.4) is 0 Å². The number of rotatable bonds is 1. The lowest BCUT2D eigenvalue weighted by Gasteiger charge is -1.84. The quantitative estimate of drug-likeness (QED) is 0.754. The number of carboxylic acid groups (broad SMARTS) is 1. The normalized spacial score (nSPS) is 10.5. The number of nitrogens with zero attached hydrogens (tertiary/aromatic N) is 2. The van der Waals surface area contributed by atoms with Crippen molar-refractivity contribution < 1.29 is 14.3 Å². The summed E-state index contributed by atoms with van der Waals surface area (Å²) in [5.74, 6) is -1.61. The molecule has 0 aromatic carbocycles. The van der Waals surface area contributed by atoms with Crippen molar-refractivity contribution >= 4 is 27.7 Å². The van der Waals surface area contributed by atoms with Crippen LogP contribution >= 0.6 is 11.3 Å². The van der Waals surface area contributed by atoms with Crippen LogP contribution in [0.1, 0.15) is 9.80 Å². The van der Waals surface area contributed by atoms with Crippen molar-refractivity contribution in [2.45, 2.75) is 0 Å². The van der Waals surface area contributed by atoms with E-state index in [4.69, 9.17) is 5.11 Å². The molecule has 0 aliphatic heterocycles. The van der Waals surface area contributed by atoms with E-state index in [1.165, 1.54) is 6.07 Å². The number of halogens is 1. The Labute approximate surface area is 75.7 Å². The Bertz CT molecular complexity index is 482. The second-order valence-corrected chi connectivity index (χ2v) is 3.33. The molecule has 0 aliphatic rings. The number of fused-ring (bicyclic) bond motifs is 1. The summed E-state index contributed by atoms with van der Waals surface area (Å²) in [5, 5.41) is 8.51. The second-order valence-electron chi connectivity index (χ2n) is 2.30. The fraction of sp³-hybridized carbons (Fsp3) is 0. The Morgan fingerprint density at radius 1 is 1.62 bits per heavy atom. The van der Waals surface area contributed by atoms with Crippen molar-refractivity contribution in [1.82, 2.24) is 9.97 Å². The van der Waals surface area contributed by atoms with Crippen molar-refractivity contribution in [3.05, 3.63) is 23.1 Å².